The largest absolute Gasteiger partial charge is 0.492 e. The Bertz CT molecular complexity index is 972. The molecule has 1 atom stereocenters. The second-order valence-electron chi connectivity index (χ2n) is 7.20. The van der Waals surface area contributed by atoms with Crippen molar-refractivity contribution in [2.45, 2.75) is 24.8 Å². The van der Waals surface area contributed by atoms with Crippen molar-refractivity contribution in [1.82, 2.24) is 9.62 Å². The summed E-state index contributed by atoms with van der Waals surface area (Å²) in [5.41, 5.74) is 1.06. The van der Waals surface area contributed by atoms with E-state index in [1.165, 1.54) is 16.4 Å². The molecule has 0 bridgehead atoms. The van der Waals surface area contributed by atoms with Crippen molar-refractivity contribution in [3.63, 3.8) is 0 Å². The summed E-state index contributed by atoms with van der Waals surface area (Å²) in [6.07, 6.45) is -0.633. The highest BCUT2D eigenvalue weighted by Crippen LogP contribution is 2.20. The second-order valence-corrected chi connectivity index (χ2v) is 9.14. The van der Waals surface area contributed by atoms with Gasteiger partial charge in [0.1, 0.15) is 18.1 Å². The summed E-state index contributed by atoms with van der Waals surface area (Å²) >= 11 is 0. The van der Waals surface area contributed by atoms with Crippen LogP contribution in [0.3, 0.4) is 0 Å². The number of nitrogens with zero attached hydrogens (tertiary/aromatic N) is 1. The van der Waals surface area contributed by atoms with Gasteiger partial charge < -0.3 is 19.5 Å². The Balaban J connectivity index is 1.42. The van der Waals surface area contributed by atoms with Crippen LogP contribution in [0.5, 0.6) is 11.5 Å². The monoisotopic (exact) mass is 448 g/mol. The first-order valence-corrected chi connectivity index (χ1v) is 11.6. The lowest BCUT2D eigenvalue weighted by atomic mass is 10.2. The maximum absolute atomic E-state index is 12.6. The van der Waals surface area contributed by atoms with Gasteiger partial charge in [-0.05, 0) is 55.8 Å². The Kier molecular flexibility index (Phi) is 7.89. The molecule has 9 heteroatoms. The van der Waals surface area contributed by atoms with Crippen LogP contribution >= 0.6 is 0 Å². The van der Waals surface area contributed by atoms with E-state index >= 15 is 0 Å². The van der Waals surface area contributed by atoms with E-state index in [0.717, 1.165) is 5.56 Å². The molecule has 0 unspecified atom stereocenters. The van der Waals surface area contributed by atoms with Crippen LogP contribution in [0.1, 0.15) is 12.5 Å². The van der Waals surface area contributed by atoms with Crippen molar-refractivity contribution < 1.29 is 27.4 Å². The third-order valence-corrected chi connectivity index (χ3v) is 6.69. The molecule has 1 N–H and O–H groups in total. The number of carbonyl (C=O) groups is 1. The number of amides is 1. The van der Waals surface area contributed by atoms with Gasteiger partial charge in [-0.2, -0.15) is 4.31 Å². The van der Waals surface area contributed by atoms with Gasteiger partial charge in [-0.1, -0.05) is 12.1 Å². The number of benzene rings is 2. The number of rotatable bonds is 9. The topological polar surface area (TPSA) is 94.2 Å². The second kappa shape index (κ2) is 10.6. The van der Waals surface area contributed by atoms with Crippen LogP contribution in [-0.2, 0) is 19.6 Å². The summed E-state index contributed by atoms with van der Waals surface area (Å²) < 4.78 is 43.1. The van der Waals surface area contributed by atoms with E-state index in [-0.39, 0.29) is 17.4 Å². The van der Waals surface area contributed by atoms with Crippen LogP contribution in [0, 0.1) is 6.92 Å². The van der Waals surface area contributed by atoms with Crippen molar-refractivity contribution in [3.05, 3.63) is 54.1 Å². The van der Waals surface area contributed by atoms with Crippen LogP contribution in [0.25, 0.3) is 0 Å². The molecular weight excluding hydrogens is 420 g/mol. The van der Waals surface area contributed by atoms with E-state index in [4.69, 9.17) is 14.2 Å². The highest BCUT2D eigenvalue weighted by molar-refractivity contribution is 7.89. The molecule has 2 aromatic carbocycles. The molecular formula is C22H28N2O6S. The van der Waals surface area contributed by atoms with Crippen LogP contribution in [0.2, 0.25) is 0 Å². The van der Waals surface area contributed by atoms with E-state index in [2.05, 4.69) is 5.32 Å². The van der Waals surface area contributed by atoms with Gasteiger partial charge in [0.05, 0.1) is 24.7 Å². The Hall–Kier alpha value is -2.62. The molecule has 1 aliphatic rings. The molecule has 2 aromatic rings. The summed E-state index contributed by atoms with van der Waals surface area (Å²) in [5, 5.41) is 2.76. The molecule has 0 saturated carbocycles. The molecule has 0 aliphatic carbocycles. The lowest BCUT2D eigenvalue weighted by molar-refractivity contribution is -0.127. The van der Waals surface area contributed by atoms with Gasteiger partial charge in [-0.15, -0.1) is 0 Å². The summed E-state index contributed by atoms with van der Waals surface area (Å²) in [7, 11) is -3.53. The fourth-order valence-electron chi connectivity index (χ4n) is 3.08. The first-order chi connectivity index (χ1) is 14.9. The highest BCUT2D eigenvalue weighted by atomic mass is 32.2. The van der Waals surface area contributed by atoms with Crippen LogP contribution in [0.4, 0.5) is 0 Å². The summed E-state index contributed by atoms with van der Waals surface area (Å²) in [5.74, 6) is 0.933. The zero-order valence-corrected chi connectivity index (χ0v) is 18.6. The van der Waals surface area contributed by atoms with Gasteiger partial charge >= 0.3 is 0 Å². The maximum Gasteiger partial charge on any atom is 0.260 e. The van der Waals surface area contributed by atoms with Gasteiger partial charge in [0.15, 0.2) is 6.10 Å². The van der Waals surface area contributed by atoms with Crippen molar-refractivity contribution in [3.8, 4) is 11.5 Å². The molecule has 31 heavy (non-hydrogen) atoms. The summed E-state index contributed by atoms with van der Waals surface area (Å²) in [6, 6.07) is 13.8. The standard InChI is InChI=1S/C22H28N2O6S/c1-17-4-3-5-20(16-17)30-18(2)22(25)23-10-13-29-19-6-8-21(9-7-19)31(26,27)24-11-14-28-15-12-24/h3-9,16,18H,10-15H2,1-2H3,(H,23,25)/t18-/m1/s1. The SMILES string of the molecule is Cc1cccc(O[C@H](C)C(=O)NCCOc2ccc(S(=O)(=O)N3CCOCC3)cc2)c1. The first kappa shape index (κ1) is 23.1. The zero-order valence-electron chi connectivity index (χ0n) is 17.7. The van der Waals surface area contributed by atoms with Crippen LogP contribution < -0.4 is 14.8 Å². The smallest absolute Gasteiger partial charge is 0.260 e. The lowest BCUT2D eigenvalue weighted by Crippen LogP contribution is -2.40. The Morgan fingerprint density at radius 2 is 1.84 bits per heavy atom. The van der Waals surface area contributed by atoms with E-state index < -0.39 is 16.1 Å². The quantitative estimate of drug-likeness (QED) is 0.590. The van der Waals surface area contributed by atoms with E-state index in [0.29, 0.717) is 44.3 Å². The third kappa shape index (κ3) is 6.43. The van der Waals surface area contributed by atoms with Gasteiger partial charge in [-0.3, -0.25) is 4.79 Å². The van der Waals surface area contributed by atoms with Crippen LogP contribution in [-0.4, -0.2) is 64.2 Å². The van der Waals surface area contributed by atoms with Crippen molar-refractivity contribution in [1.29, 1.82) is 0 Å². The average molecular weight is 449 g/mol. The van der Waals surface area contributed by atoms with Gasteiger partial charge in [0.25, 0.3) is 5.91 Å². The number of morpholine rings is 1. The zero-order chi connectivity index (χ0) is 22.3. The third-order valence-electron chi connectivity index (χ3n) is 4.77. The molecule has 1 heterocycles. The molecule has 1 amide bonds. The van der Waals surface area contributed by atoms with E-state index in [1.807, 2.05) is 31.2 Å². The maximum atomic E-state index is 12.6. The predicted molar refractivity (Wildman–Crippen MR) is 116 cm³/mol. The molecule has 3 rings (SSSR count). The Morgan fingerprint density at radius 1 is 1.13 bits per heavy atom. The van der Waals surface area contributed by atoms with Crippen molar-refractivity contribution >= 4 is 15.9 Å². The summed E-state index contributed by atoms with van der Waals surface area (Å²) in [6.45, 7) is 5.71. The molecule has 168 valence electrons. The number of ether oxygens (including phenoxy) is 3. The molecule has 0 spiro atoms. The van der Waals surface area contributed by atoms with Crippen LogP contribution in [0.15, 0.2) is 53.4 Å². The minimum atomic E-state index is -3.53. The van der Waals surface area contributed by atoms with Gasteiger partial charge in [0, 0.05) is 13.1 Å². The molecule has 1 aliphatic heterocycles. The normalized spacial score (nSPS) is 15.8. The van der Waals surface area contributed by atoms with E-state index in [9.17, 15) is 13.2 Å². The average Bonchev–Trinajstić information content (AvgIpc) is 2.77. The number of carbonyl (C=O) groups excluding carboxylic acids is 1. The van der Waals surface area contributed by atoms with Crippen molar-refractivity contribution in [2.24, 2.45) is 0 Å². The number of sulfonamides is 1. The van der Waals surface area contributed by atoms with Crippen molar-refractivity contribution in [2.75, 3.05) is 39.5 Å². The first-order valence-electron chi connectivity index (χ1n) is 10.2. The Morgan fingerprint density at radius 3 is 2.52 bits per heavy atom. The molecule has 1 fully saturated rings. The van der Waals surface area contributed by atoms with E-state index in [1.54, 1.807) is 19.1 Å². The molecule has 0 aromatic heterocycles. The fraction of sp³-hybridized carbons (Fsp3) is 0.409. The van der Waals surface area contributed by atoms with Gasteiger partial charge in [-0.25, -0.2) is 8.42 Å². The minimum Gasteiger partial charge on any atom is -0.492 e. The molecule has 0 radical (unpaired) electrons. The highest BCUT2D eigenvalue weighted by Gasteiger charge is 2.26. The molecule has 8 nitrogen and oxygen atoms in total. The Labute approximate surface area is 183 Å². The number of hydrogen-bond donors (Lipinski definition) is 1. The number of aryl methyl sites for hydroxylation is 1. The minimum absolute atomic E-state index is 0.220. The number of hydrogen-bond acceptors (Lipinski definition) is 6. The number of nitrogens with one attached hydrogen (secondary N) is 1. The predicted octanol–water partition coefficient (Wildman–Crippen LogP) is 1.98. The summed E-state index contributed by atoms with van der Waals surface area (Å²) in [4.78, 5) is 12.4. The molecule has 1 saturated heterocycles. The van der Waals surface area contributed by atoms with Gasteiger partial charge in [0.2, 0.25) is 10.0 Å². The lowest BCUT2D eigenvalue weighted by Gasteiger charge is -2.26. The fourth-order valence-corrected chi connectivity index (χ4v) is 4.48.